The number of aryl methyl sites for hydroxylation is 1. The molecule has 0 saturated carbocycles. The first-order chi connectivity index (χ1) is 5.00. The molecule has 0 atom stereocenters. The molecule has 0 radical (unpaired) electrons. The van der Waals surface area contributed by atoms with Gasteiger partial charge in [-0.15, -0.1) is 0 Å². The Bertz CT molecular complexity index is 341. The first-order valence-corrected chi connectivity index (χ1v) is 4.43. The molecule has 0 unspecified atom stereocenters. The highest BCUT2D eigenvalue weighted by Crippen LogP contribution is 2.08. The highest BCUT2D eigenvalue weighted by Gasteiger charge is 1.97. The molecule has 1 aromatic carbocycles. The van der Waals surface area contributed by atoms with E-state index in [1.165, 1.54) is 12.1 Å². The van der Waals surface area contributed by atoms with Crippen LogP contribution in [0.5, 0.6) is 0 Å². The molecule has 0 heterocycles. The minimum absolute atomic E-state index is 0. The van der Waals surface area contributed by atoms with Gasteiger partial charge in [0.1, 0.15) is 10.1 Å². The monoisotopic (exact) mass is 206 g/mol. The highest BCUT2D eigenvalue weighted by atomic mass is 35.5. The first-order valence-electron chi connectivity index (χ1n) is 3.03. The fourth-order valence-corrected chi connectivity index (χ4v) is 1.17. The van der Waals surface area contributed by atoms with E-state index in [4.69, 9.17) is 0 Å². The molecule has 1 aromatic rings. The minimum atomic E-state index is -4.27. The van der Waals surface area contributed by atoms with Gasteiger partial charge in [-0.25, -0.2) is 8.42 Å². The second-order valence-electron chi connectivity index (χ2n) is 2.27. The average Bonchev–Trinajstić information content (AvgIpc) is 1.86. The standard InChI is InChI=1S/C7H8O3S.ClH/c1-6-2-4-7(5-3-6)11(8,9)10;/h2-5H,1H3,(H,8,9,10);1H/p-2. The first kappa shape index (κ1) is 11.4. The lowest BCUT2D eigenvalue weighted by Gasteiger charge is -2.05. The maximum atomic E-state index is 10.4. The summed E-state index contributed by atoms with van der Waals surface area (Å²) in [5, 5.41) is 0. The van der Waals surface area contributed by atoms with Crippen molar-refractivity contribution < 1.29 is 25.4 Å². The molecule has 0 aliphatic carbocycles. The van der Waals surface area contributed by atoms with Gasteiger partial charge in [0.05, 0.1) is 4.90 Å². The molecule has 0 amide bonds. The molecule has 0 aliphatic heterocycles. The normalized spacial score (nSPS) is 10.5. The van der Waals surface area contributed by atoms with E-state index in [-0.39, 0.29) is 17.3 Å². The lowest BCUT2D eigenvalue weighted by molar-refractivity contribution is -0.00000666. The van der Waals surface area contributed by atoms with Gasteiger partial charge >= 0.3 is 0 Å². The van der Waals surface area contributed by atoms with Crippen molar-refractivity contribution in [3.8, 4) is 0 Å². The lowest BCUT2D eigenvalue weighted by atomic mass is 10.2. The Morgan fingerprint density at radius 3 is 1.92 bits per heavy atom. The summed E-state index contributed by atoms with van der Waals surface area (Å²) in [7, 11) is -4.27. The average molecular weight is 207 g/mol. The summed E-state index contributed by atoms with van der Waals surface area (Å²) in [4.78, 5) is -0.178. The van der Waals surface area contributed by atoms with Gasteiger partial charge in [-0.1, -0.05) is 17.7 Å². The summed E-state index contributed by atoms with van der Waals surface area (Å²) >= 11 is 0. The van der Waals surface area contributed by atoms with E-state index in [1.54, 1.807) is 12.1 Å². The Morgan fingerprint density at radius 1 is 1.17 bits per heavy atom. The van der Waals surface area contributed by atoms with Crippen LogP contribution in [0.3, 0.4) is 0 Å². The molecule has 0 aliphatic rings. The van der Waals surface area contributed by atoms with Crippen molar-refractivity contribution in [1.29, 1.82) is 0 Å². The second-order valence-corrected chi connectivity index (χ2v) is 3.65. The molecule has 0 aromatic heterocycles. The number of benzene rings is 1. The number of hydrogen-bond donors (Lipinski definition) is 0. The second kappa shape index (κ2) is 3.89. The third kappa shape index (κ3) is 2.81. The van der Waals surface area contributed by atoms with Crippen molar-refractivity contribution in [2.45, 2.75) is 11.8 Å². The minimum Gasteiger partial charge on any atom is -1.00 e. The van der Waals surface area contributed by atoms with Gasteiger partial charge in [0, 0.05) is 0 Å². The Balaban J connectivity index is 0.00000121. The molecule has 1 rings (SSSR count). The van der Waals surface area contributed by atoms with Crippen molar-refractivity contribution >= 4 is 10.1 Å². The summed E-state index contributed by atoms with van der Waals surface area (Å²) in [5.74, 6) is 0. The van der Waals surface area contributed by atoms with Crippen LogP contribution in [0.25, 0.3) is 0 Å². The molecule has 5 heteroatoms. The van der Waals surface area contributed by atoms with Crippen LogP contribution in [-0.4, -0.2) is 13.0 Å². The Labute approximate surface area is 77.6 Å². The summed E-state index contributed by atoms with van der Waals surface area (Å²) in [6.45, 7) is 1.82. The zero-order valence-corrected chi connectivity index (χ0v) is 7.89. The highest BCUT2D eigenvalue weighted by molar-refractivity contribution is 7.85. The zero-order chi connectivity index (χ0) is 8.48. The van der Waals surface area contributed by atoms with E-state index in [2.05, 4.69) is 0 Å². The predicted octanol–water partition coefficient (Wildman–Crippen LogP) is -2.10. The molecule has 0 fully saturated rings. The van der Waals surface area contributed by atoms with E-state index in [0.717, 1.165) is 5.56 Å². The van der Waals surface area contributed by atoms with E-state index in [0.29, 0.717) is 0 Å². The topological polar surface area (TPSA) is 57.2 Å². The van der Waals surface area contributed by atoms with Crippen molar-refractivity contribution in [2.75, 3.05) is 0 Å². The molecule has 12 heavy (non-hydrogen) atoms. The summed E-state index contributed by atoms with van der Waals surface area (Å²) < 4.78 is 31.2. The maximum Gasteiger partial charge on any atom is 0.124 e. The molecule has 0 spiro atoms. The van der Waals surface area contributed by atoms with Crippen LogP contribution in [-0.2, 0) is 10.1 Å². The van der Waals surface area contributed by atoms with Crippen LogP contribution < -0.4 is 12.4 Å². The van der Waals surface area contributed by atoms with Gasteiger partial charge in [0.25, 0.3) is 0 Å². The summed E-state index contributed by atoms with van der Waals surface area (Å²) in [6, 6.07) is 5.78. The Morgan fingerprint density at radius 2 is 1.58 bits per heavy atom. The number of hydrogen-bond acceptors (Lipinski definition) is 3. The van der Waals surface area contributed by atoms with E-state index in [9.17, 15) is 13.0 Å². The Hall–Kier alpha value is -0.580. The fraction of sp³-hybridized carbons (Fsp3) is 0.143. The predicted molar refractivity (Wildman–Crippen MR) is 39.1 cm³/mol. The smallest absolute Gasteiger partial charge is 0.124 e. The van der Waals surface area contributed by atoms with Crippen molar-refractivity contribution in [2.24, 2.45) is 0 Å². The quantitative estimate of drug-likeness (QED) is 0.495. The lowest BCUT2D eigenvalue weighted by Crippen LogP contribution is -3.00. The van der Waals surface area contributed by atoms with Crippen molar-refractivity contribution in [3.63, 3.8) is 0 Å². The largest absolute Gasteiger partial charge is 1.00 e. The zero-order valence-electron chi connectivity index (χ0n) is 6.32. The molecule has 0 saturated heterocycles. The van der Waals surface area contributed by atoms with Crippen LogP contribution in [0, 0.1) is 6.92 Å². The van der Waals surface area contributed by atoms with Crippen LogP contribution >= 0.6 is 0 Å². The van der Waals surface area contributed by atoms with Gasteiger partial charge in [-0.3, -0.25) is 0 Å². The number of halogens is 1. The van der Waals surface area contributed by atoms with Gasteiger partial charge in [0.2, 0.25) is 0 Å². The molecule has 0 bridgehead atoms. The van der Waals surface area contributed by atoms with Gasteiger partial charge in [-0.05, 0) is 19.1 Å². The third-order valence-electron chi connectivity index (χ3n) is 1.31. The van der Waals surface area contributed by atoms with Gasteiger partial charge in [0.15, 0.2) is 0 Å². The van der Waals surface area contributed by atoms with Crippen LogP contribution in [0.4, 0.5) is 0 Å². The van der Waals surface area contributed by atoms with Crippen LogP contribution in [0.2, 0.25) is 0 Å². The van der Waals surface area contributed by atoms with Crippen molar-refractivity contribution in [3.05, 3.63) is 29.8 Å². The SMILES string of the molecule is Cc1ccc(S(=O)(=O)[O-])cc1.[Cl-]. The van der Waals surface area contributed by atoms with Crippen molar-refractivity contribution in [1.82, 2.24) is 0 Å². The molecular weight excluding hydrogens is 200 g/mol. The van der Waals surface area contributed by atoms with Crippen LogP contribution in [0.1, 0.15) is 5.56 Å². The van der Waals surface area contributed by atoms with E-state index >= 15 is 0 Å². The van der Waals surface area contributed by atoms with E-state index in [1.807, 2.05) is 6.92 Å². The third-order valence-corrected chi connectivity index (χ3v) is 2.16. The van der Waals surface area contributed by atoms with E-state index < -0.39 is 10.1 Å². The fourth-order valence-electron chi connectivity index (χ4n) is 0.705. The molecule has 68 valence electrons. The molecular formula is C7H7ClO3S-2. The maximum absolute atomic E-state index is 10.4. The summed E-state index contributed by atoms with van der Waals surface area (Å²) in [6.07, 6.45) is 0. The van der Waals surface area contributed by atoms with Crippen LogP contribution in [0.15, 0.2) is 29.2 Å². The van der Waals surface area contributed by atoms with Gasteiger partial charge in [-0.2, -0.15) is 0 Å². The number of rotatable bonds is 1. The van der Waals surface area contributed by atoms with Gasteiger partial charge < -0.3 is 17.0 Å². The summed E-state index contributed by atoms with van der Waals surface area (Å²) in [5.41, 5.74) is 0.928. The molecule has 3 nitrogen and oxygen atoms in total. The Kier molecular flexibility index (Phi) is 3.70. The molecule has 0 N–H and O–H groups in total.